The van der Waals surface area contributed by atoms with Gasteiger partial charge in [0.05, 0.1) is 33.8 Å². The number of hydrogen-bond donors (Lipinski definition) is 1. The number of nitrogens with zero attached hydrogens (tertiary/aromatic N) is 1. The Morgan fingerprint density at radius 2 is 0.821 bits per heavy atom. The lowest BCUT2D eigenvalue weighted by atomic mass is 10.0. The summed E-state index contributed by atoms with van der Waals surface area (Å²) >= 11 is 0. The van der Waals surface area contributed by atoms with Gasteiger partial charge in [-0.2, -0.15) is 0 Å². The molecule has 1 amide bonds. The van der Waals surface area contributed by atoms with Gasteiger partial charge in [-0.25, -0.2) is 0 Å². The van der Waals surface area contributed by atoms with E-state index in [2.05, 4.69) is 62.5 Å². The summed E-state index contributed by atoms with van der Waals surface area (Å²) in [6.07, 6.45) is 72.4. The number of carbonyl (C=O) groups is 2. The topological polar surface area (TPSA) is 114 Å². The number of phosphoric acid groups is 1. The van der Waals surface area contributed by atoms with Crippen LogP contribution >= 0.6 is 7.82 Å². The van der Waals surface area contributed by atoms with Crippen molar-refractivity contribution in [3.63, 3.8) is 0 Å². The molecule has 0 spiro atoms. The fraction of sp³-hybridized carbons (Fsp3) is 0.853. The molecule has 0 rings (SSSR count). The second-order valence-corrected chi connectivity index (χ2v) is 25.4. The number of allylic oxidation sites excluding steroid dienone is 7. The van der Waals surface area contributed by atoms with Gasteiger partial charge in [-0.05, 0) is 83.1 Å². The van der Waals surface area contributed by atoms with E-state index in [4.69, 9.17) is 13.8 Å². The van der Waals surface area contributed by atoms with E-state index in [1.165, 1.54) is 205 Å². The molecule has 0 aliphatic carbocycles. The third kappa shape index (κ3) is 58.6. The summed E-state index contributed by atoms with van der Waals surface area (Å²) in [4.78, 5) is 40.0. The van der Waals surface area contributed by atoms with Crippen molar-refractivity contribution in [2.24, 2.45) is 0 Å². The molecule has 0 aromatic heterocycles. The second kappa shape index (κ2) is 58.2. The van der Waals surface area contributed by atoms with Crippen molar-refractivity contribution in [2.75, 3.05) is 40.9 Å². The molecule has 458 valence electrons. The maximum absolute atomic E-state index is 13.6. The van der Waals surface area contributed by atoms with Crippen molar-refractivity contribution >= 4 is 19.7 Å². The first-order valence-corrected chi connectivity index (χ1v) is 34.9. The molecule has 0 aliphatic heterocycles. The average molecular weight is 1120 g/mol. The van der Waals surface area contributed by atoms with E-state index < -0.39 is 20.0 Å². The van der Waals surface area contributed by atoms with Crippen molar-refractivity contribution in [2.45, 2.75) is 335 Å². The summed E-state index contributed by atoms with van der Waals surface area (Å²) < 4.78 is 30.3. The minimum absolute atomic E-state index is 0.0225. The lowest BCUT2D eigenvalue weighted by Gasteiger charge is -2.30. The summed E-state index contributed by atoms with van der Waals surface area (Å²) in [7, 11) is 1.19. The molecule has 0 radical (unpaired) electrons. The highest BCUT2D eigenvalue weighted by atomic mass is 31.2. The number of unbranched alkanes of at least 4 members (excludes halogenated alkanes) is 39. The Hall–Kier alpha value is -2.03. The van der Waals surface area contributed by atoms with Crippen molar-refractivity contribution in [3.05, 3.63) is 48.6 Å². The van der Waals surface area contributed by atoms with Gasteiger partial charge < -0.3 is 28.5 Å². The van der Waals surface area contributed by atoms with Crippen molar-refractivity contribution in [1.29, 1.82) is 0 Å². The largest absolute Gasteiger partial charge is 0.756 e. The second-order valence-electron chi connectivity index (χ2n) is 23.9. The van der Waals surface area contributed by atoms with Gasteiger partial charge in [0.1, 0.15) is 19.3 Å². The maximum Gasteiger partial charge on any atom is 0.306 e. The Kier molecular flexibility index (Phi) is 56.7. The van der Waals surface area contributed by atoms with E-state index in [1.807, 2.05) is 33.3 Å². The van der Waals surface area contributed by atoms with E-state index in [0.717, 1.165) is 83.5 Å². The summed E-state index contributed by atoms with van der Waals surface area (Å²) in [5.74, 6) is -0.540. The quantitative estimate of drug-likeness (QED) is 0.0212. The molecule has 3 atom stereocenters. The molecule has 0 aromatic rings. The van der Waals surface area contributed by atoms with Crippen molar-refractivity contribution in [1.82, 2.24) is 5.32 Å². The van der Waals surface area contributed by atoms with Crippen LogP contribution in [0, 0.1) is 0 Å². The molecule has 0 saturated heterocycles. The molecule has 78 heavy (non-hydrogen) atoms. The first-order chi connectivity index (χ1) is 37.9. The fourth-order valence-corrected chi connectivity index (χ4v) is 10.6. The number of amides is 1. The first kappa shape index (κ1) is 76.0. The molecule has 0 aromatic carbocycles. The van der Waals surface area contributed by atoms with E-state index in [0.29, 0.717) is 17.4 Å². The minimum Gasteiger partial charge on any atom is -0.756 e. The molecule has 0 fully saturated rings. The van der Waals surface area contributed by atoms with E-state index in [9.17, 15) is 19.0 Å². The van der Waals surface area contributed by atoms with Crippen LogP contribution in [-0.4, -0.2) is 69.4 Å². The van der Waals surface area contributed by atoms with E-state index >= 15 is 0 Å². The summed E-state index contributed by atoms with van der Waals surface area (Å²) in [6, 6.07) is -0.889. The minimum atomic E-state index is -4.70. The predicted octanol–water partition coefficient (Wildman–Crippen LogP) is 20.2. The number of carbonyl (C=O) groups excluding carboxylic acids is 2. The zero-order chi connectivity index (χ0) is 57.2. The smallest absolute Gasteiger partial charge is 0.306 e. The molecule has 0 saturated carbocycles. The highest BCUT2D eigenvalue weighted by Crippen LogP contribution is 2.38. The van der Waals surface area contributed by atoms with Gasteiger partial charge >= 0.3 is 5.97 Å². The Morgan fingerprint density at radius 3 is 1.23 bits per heavy atom. The number of ether oxygens (including phenoxy) is 1. The van der Waals surface area contributed by atoms with E-state index in [-0.39, 0.29) is 31.5 Å². The lowest BCUT2D eigenvalue weighted by Crippen LogP contribution is -2.47. The van der Waals surface area contributed by atoms with Gasteiger partial charge in [0, 0.05) is 12.8 Å². The number of quaternary nitrogens is 1. The van der Waals surface area contributed by atoms with Crippen LogP contribution in [0.25, 0.3) is 0 Å². The lowest BCUT2D eigenvalue weighted by molar-refractivity contribution is -0.870. The molecular formula is C68H129N2O7P. The third-order valence-electron chi connectivity index (χ3n) is 15.0. The molecule has 3 unspecified atom stereocenters. The normalized spacial score (nSPS) is 13.9. The van der Waals surface area contributed by atoms with Gasteiger partial charge in [-0.15, -0.1) is 0 Å². The highest BCUT2D eigenvalue weighted by Gasteiger charge is 2.27. The Balaban J connectivity index is 4.95. The number of esters is 1. The number of hydrogen-bond acceptors (Lipinski definition) is 7. The van der Waals surface area contributed by atoms with E-state index in [1.54, 1.807) is 0 Å². The Morgan fingerprint density at radius 1 is 0.462 bits per heavy atom. The van der Waals surface area contributed by atoms with Gasteiger partial charge in [-0.1, -0.05) is 275 Å². The number of nitrogens with one attached hydrogen (secondary N) is 1. The number of likely N-dealkylation sites (N-methyl/N-ethyl adjacent to an activating group) is 1. The molecule has 0 heterocycles. The molecular weight excluding hydrogens is 988 g/mol. The highest BCUT2D eigenvalue weighted by molar-refractivity contribution is 7.45. The van der Waals surface area contributed by atoms with Crippen LogP contribution in [0.2, 0.25) is 0 Å². The Labute approximate surface area is 484 Å². The number of phosphoric ester groups is 1. The van der Waals surface area contributed by atoms with Gasteiger partial charge in [0.25, 0.3) is 7.82 Å². The third-order valence-corrected chi connectivity index (χ3v) is 16.0. The first-order valence-electron chi connectivity index (χ1n) is 33.4. The molecule has 0 bridgehead atoms. The van der Waals surface area contributed by atoms with Crippen molar-refractivity contribution < 1.29 is 37.3 Å². The van der Waals surface area contributed by atoms with Crippen LogP contribution in [0.1, 0.15) is 323 Å². The molecule has 9 nitrogen and oxygen atoms in total. The predicted molar refractivity (Wildman–Crippen MR) is 335 cm³/mol. The SMILES string of the molecule is CC/C=C/C/C=C/CCCCCCCCCC(=O)OC(/C=C\CCCCCCCCCCC)C(COP(=O)([O-])OCC[N+](C)(C)C)NC(=O)CCCCCCCCCCCCCCCCCCC/C=C/CCCCCCCC. The molecule has 1 N–H and O–H groups in total. The molecule has 0 aliphatic rings. The summed E-state index contributed by atoms with van der Waals surface area (Å²) in [5, 5.41) is 3.03. The van der Waals surface area contributed by atoms with Crippen LogP contribution in [0.5, 0.6) is 0 Å². The van der Waals surface area contributed by atoms with Crippen LogP contribution < -0.4 is 10.2 Å². The van der Waals surface area contributed by atoms with Gasteiger partial charge in [0.2, 0.25) is 5.91 Å². The standard InChI is InChI=1S/C68H129N2O7P/c1-7-10-13-16-19-22-25-27-29-30-31-32-33-34-35-36-37-38-39-40-41-42-45-48-51-54-57-60-67(71)69-65(64-76-78(73,74)75-63-62-70(4,5)6)66(59-56-53-50-47-44-24-21-18-15-12-9-3)77-68(72)61-58-55-52-49-46-43-28-26-23-20-17-14-11-8-2/h11,14,20,23,27,29,56,59,65-66H,7-10,12-13,15-19,21-22,24-26,28,30-55,57-58,60-64H2,1-6H3,(H-,69,71,73,74)/b14-11+,23-20+,29-27+,59-56-. The average Bonchev–Trinajstić information content (AvgIpc) is 3.40. The summed E-state index contributed by atoms with van der Waals surface area (Å²) in [5.41, 5.74) is 0. The van der Waals surface area contributed by atoms with Gasteiger partial charge in [0.15, 0.2) is 0 Å². The summed E-state index contributed by atoms with van der Waals surface area (Å²) in [6.45, 7) is 6.76. The number of rotatable bonds is 61. The van der Waals surface area contributed by atoms with Gasteiger partial charge in [-0.3, -0.25) is 14.2 Å². The van der Waals surface area contributed by atoms with Crippen LogP contribution in [0.3, 0.4) is 0 Å². The van der Waals surface area contributed by atoms with Crippen LogP contribution in [-0.2, 0) is 27.9 Å². The zero-order valence-electron chi connectivity index (χ0n) is 52.4. The van der Waals surface area contributed by atoms with Crippen molar-refractivity contribution in [3.8, 4) is 0 Å². The zero-order valence-corrected chi connectivity index (χ0v) is 53.3. The maximum atomic E-state index is 13.6. The monoisotopic (exact) mass is 1120 g/mol. The Bertz CT molecular complexity index is 1470. The fourth-order valence-electron chi connectivity index (χ4n) is 9.85. The molecule has 10 heteroatoms. The van der Waals surface area contributed by atoms with Crippen LogP contribution in [0.4, 0.5) is 0 Å². The van der Waals surface area contributed by atoms with Crippen LogP contribution in [0.15, 0.2) is 48.6 Å².